The summed E-state index contributed by atoms with van der Waals surface area (Å²) < 4.78 is 23.3. The van der Waals surface area contributed by atoms with Crippen molar-refractivity contribution < 1.29 is 8.42 Å². The van der Waals surface area contributed by atoms with Crippen LogP contribution in [0.2, 0.25) is 0 Å². The Morgan fingerprint density at radius 1 is 1.16 bits per heavy atom. The Labute approximate surface area is 117 Å². The van der Waals surface area contributed by atoms with Crippen LogP contribution in [0.3, 0.4) is 0 Å². The molecule has 0 aliphatic heterocycles. The first kappa shape index (κ1) is 16.2. The highest BCUT2D eigenvalue weighted by Crippen LogP contribution is 2.16. The van der Waals surface area contributed by atoms with Gasteiger partial charge in [-0.3, -0.25) is 0 Å². The van der Waals surface area contributed by atoms with Crippen LogP contribution >= 0.6 is 0 Å². The third-order valence-electron chi connectivity index (χ3n) is 3.33. The van der Waals surface area contributed by atoms with Crippen molar-refractivity contribution in [2.24, 2.45) is 0 Å². The van der Waals surface area contributed by atoms with Gasteiger partial charge in [-0.1, -0.05) is 29.8 Å². The minimum Gasteiger partial charge on any atom is -0.309 e. The molecular weight excluding hydrogens is 258 g/mol. The standard InChI is InChI=1S/C15H25NO2S/c1-12-6-8-14(9-7-12)13(2)16-10-11-19(17,18)15(3,4)5/h6-9,13,16H,10-11H2,1-5H3/t13-/m0/s1. The van der Waals surface area contributed by atoms with Gasteiger partial charge >= 0.3 is 0 Å². The first-order chi connectivity index (χ1) is 8.63. The van der Waals surface area contributed by atoms with Crippen molar-refractivity contribution in [2.75, 3.05) is 12.3 Å². The molecule has 0 saturated carbocycles. The highest BCUT2D eigenvalue weighted by molar-refractivity contribution is 7.92. The molecule has 108 valence electrons. The maximum absolute atomic E-state index is 12.0. The van der Waals surface area contributed by atoms with Crippen LogP contribution in [0.5, 0.6) is 0 Å². The summed E-state index contributed by atoms with van der Waals surface area (Å²) in [7, 11) is -3.04. The summed E-state index contributed by atoms with van der Waals surface area (Å²) in [6, 6.07) is 8.45. The van der Waals surface area contributed by atoms with E-state index in [2.05, 4.69) is 36.5 Å². The minimum atomic E-state index is -3.04. The molecular formula is C15H25NO2S. The van der Waals surface area contributed by atoms with Gasteiger partial charge in [-0.05, 0) is 40.2 Å². The van der Waals surface area contributed by atoms with Crippen molar-refractivity contribution in [3.8, 4) is 0 Å². The maximum atomic E-state index is 12.0. The number of benzene rings is 1. The van der Waals surface area contributed by atoms with Crippen LogP contribution in [0, 0.1) is 6.92 Å². The van der Waals surface area contributed by atoms with Gasteiger partial charge in [0.1, 0.15) is 0 Å². The van der Waals surface area contributed by atoms with E-state index in [-0.39, 0.29) is 11.8 Å². The molecule has 0 bridgehead atoms. The predicted molar refractivity (Wildman–Crippen MR) is 81.1 cm³/mol. The molecule has 19 heavy (non-hydrogen) atoms. The fraction of sp³-hybridized carbons (Fsp3) is 0.600. The molecule has 0 unspecified atom stereocenters. The van der Waals surface area contributed by atoms with Gasteiger partial charge in [-0.2, -0.15) is 0 Å². The van der Waals surface area contributed by atoms with Gasteiger partial charge in [0, 0.05) is 12.6 Å². The quantitative estimate of drug-likeness (QED) is 0.904. The summed E-state index contributed by atoms with van der Waals surface area (Å²) in [5.41, 5.74) is 2.41. The molecule has 4 heteroatoms. The summed E-state index contributed by atoms with van der Waals surface area (Å²) in [6.45, 7) is 9.81. The van der Waals surface area contributed by atoms with Crippen molar-refractivity contribution in [2.45, 2.75) is 45.4 Å². The molecule has 0 aliphatic carbocycles. The molecule has 0 amide bonds. The maximum Gasteiger partial charge on any atom is 0.156 e. The Bertz CT molecular complexity index is 498. The number of hydrogen-bond acceptors (Lipinski definition) is 3. The third kappa shape index (κ3) is 4.62. The monoisotopic (exact) mass is 283 g/mol. The Hall–Kier alpha value is -0.870. The minimum absolute atomic E-state index is 0.163. The van der Waals surface area contributed by atoms with Crippen LogP contribution in [0.1, 0.15) is 44.9 Å². The third-order valence-corrected chi connectivity index (χ3v) is 5.94. The van der Waals surface area contributed by atoms with E-state index in [0.29, 0.717) is 6.54 Å². The summed E-state index contributed by atoms with van der Waals surface area (Å²) in [4.78, 5) is 0. The molecule has 1 aromatic carbocycles. The largest absolute Gasteiger partial charge is 0.309 e. The first-order valence-electron chi connectivity index (χ1n) is 6.66. The molecule has 3 nitrogen and oxygen atoms in total. The molecule has 1 N–H and O–H groups in total. The zero-order valence-corrected chi connectivity index (χ0v) is 13.3. The molecule has 0 aromatic heterocycles. The molecule has 0 heterocycles. The second kappa shape index (κ2) is 6.06. The molecule has 1 atom stereocenters. The number of hydrogen-bond donors (Lipinski definition) is 1. The average molecular weight is 283 g/mol. The molecule has 1 rings (SSSR count). The molecule has 0 saturated heterocycles. The summed E-state index contributed by atoms with van der Waals surface area (Å²) in [5.74, 6) is 0.173. The van der Waals surface area contributed by atoms with Gasteiger partial charge < -0.3 is 5.32 Å². The summed E-state index contributed by atoms with van der Waals surface area (Å²) in [5, 5.41) is 3.27. The SMILES string of the molecule is Cc1ccc([C@H](C)NCCS(=O)(=O)C(C)(C)C)cc1. The van der Waals surface area contributed by atoms with Gasteiger partial charge in [0.15, 0.2) is 9.84 Å². The number of aryl methyl sites for hydroxylation is 1. The molecule has 0 aliphatic rings. The fourth-order valence-corrected chi connectivity index (χ4v) is 2.69. The van der Waals surface area contributed by atoms with Crippen molar-refractivity contribution in [3.63, 3.8) is 0 Å². The average Bonchev–Trinajstić information content (AvgIpc) is 2.28. The van der Waals surface area contributed by atoms with E-state index in [0.717, 1.165) is 0 Å². The highest BCUT2D eigenvalue weighted by Gasteiger charge is 2.28. The van der Waals surface area contributed by atoms with Crippen LogP contribution in [0.4, 0.5) is 0 Å². The van der Waals surface area contributed by atoms with Gasteiger partial charge in [0.2, 0.25) is 0 Å². The van der Waals surface area contributed by atoms with Crippen LogP contribution in [-0.2, 0) is 9.84 Å². The Balaban J connectivity index is 2.52. The molecule has 1 aromatic rings. The molecule has 0 radical (unpaired) electrons. The van der Waals surface area contributed by atoms with E-state index < -0.39 is 14.6 Å². The number of rotatable bonds is 5. The first-order valence-corrected chi connectivity index (χ1v) is 8.31. The Kier molecular flexibility index (Phi) is 5.16. The van der Waals surface area contributed by atoms with Crippen molar-refractivity contribution in [1.82, 2.24) is 5.32 Å². The predicted octanol–water partition coefficient (Wildman–Crippen LogP) is 2.86. The lowest BCUT2D eigenvalue weighted by molar-refractivity contribution is 0.546. The van der Waals surface area contributed by atoms with Crippen molar-refractivity contribution in [3.05, 3.63) is 35.4 Å². The van der Waals surface area contributed by atoms with Crippen molar-refractivity contribution >= 4 is 9.84 Å². The van der Waals surface area contributed by atoms with Crippen LogP contribution in [-0.4, -0.2) is 25.5 Å². The Morgan fingerprint density at radius 3 is 2.16 bits per heavy atom. The van der Waals surface area contributed by atoms with Gasteiger partial charge in [0.05, 0.1) is 10.5 Å². The van der Waals surface area contributed by atoms with E-state index in [9.17, 15) is 8.42 Å². The zero-order valence-electron chi connectivity index (χ0n) is 12.5. The van der Waals surface area contributed by atoms with E-state index >= 15 is 0 Å². The van der Waals surface area contributed by atoms with Crippen LogP contribution < -0.4 is 5.32 Å². The van der Waals surface area contributed by atoms with E-state index in [1.165, 1.54) is 11.1 Å². The molecule has 0 spiro atoms. The van der Waals surface area contributed by atoms with Crippen LogP contribution in [0.25, 0.3) is 0 Å². The van der Waals surface area contributed by atoms with Gasteiger partial charge in [0.25, 0.3) is 0 Å². The smallest absolute Gasteiger partial charge is 0.156 e. The van der Waals surface area contributed by atoms with Gasteiger partial charge in [-0.15, -0.1) is 0 Å². The lowest BCUT2D eigenvalue weighted by atomic mass is 10.1. The van der Waals surface area contributed by atoms with E-state index in [1.54, 1.807) is 20.8 Å². The van der Waals surface area contributed by atoms with E-state index in [1.807, 2.05) is 6.92 Å². The summed E-state index contributed by atoms with van der Waals surface area (Å²) in [6.07, 6.45) is 0. The fourth-order valence-electron chi connectivity index (χ4n) is 1.69. The second-order valence-corrected chi connectivity index (χ2v) is 8.88. The normalized spacial score (nSPS) is 14.4. The Morgan fingerprint density at radius 2 is 1.68 bits per heavy atom. The highest BCUT2D eigenvalue weighted by atomic mass is 32.2. The topological polar surface area (TPSA) is 46.2 Å². The lowest BCUT2D eigenvalue weighted by Gasteiger charge is -2.20. The molecule has 0 fully saturated rings. The van der Waals surface area contributed by atoms with E-state index in [4.69, 9.17) is 0 Å². The van der Waals surface area contributed by atoms with Crippen molar-refractivity contribution in [1.29, 1.82) is 0 Å². The lowest BCUT2D eigenvalue weighted by Crippen LogP contribution is -2.35. The second-order valence-electron chi connectivity index (χ2n) is 6.02. The zero-order chi connectivity index (χ0) is 14.7. The number of sulfone groups is 1. The van der Waals surface area contributed by atoms with Crippen LogP contribution in [0.15, 0.2) is 24.3 Å². The number of nitrogens with one attached hydrogen (secondary N) is 1. The summed E-state index contributed by atoms with van der Waals surface area (Å²) >= 11 is 0. The van der Waals surface area contributed by atoms with Gasteiger partial charge in [-0.25, -0.2) is 8.42 Å².